The molecule has 0 aromatic heterocycles. The summed E-state index contributed by atoms with van der Waals surface area (Å²) in [5.41, 5.74) is 0.847. The summed E-state index contributed by atoms with van der Waals surface area (Å²) in [6.07, 6.45) is -0.608. The van der Waals surface area contributed by atoms with Crippen LogP contribution in [0.15, 0.2) is 30.3 Å². The second-order valence-corrected chi connectivity index (χ2v) is 4.56. The van der Waals surface area contributed by atoms with E-state index in [2.05, 4.69) is 0 Å². The highest BCUT2D eigenvalue weighted by Gasteiger charge is 2.06. The van der Waals surface area contributed by atoms with Crippen LogP contribution in [0.5, 0.6) is 0 Å². The molecule has 1 unspecified atom stereocenters. The van der Waals surface area contributed by atoms with Crippen LogP contribution in [0.2, 0.25) is 0 Å². The van der Waals surface area contributed by atoms with Gasteiger partial charge in [0.05, 0.1) is 59.5 Å². The standard InChI is InChI=1S/C16H26O6/c17-6-7-19-8-9-20-10-11-21-12-13-22-14-16(18)15-4-2-1-3-5-15/h1-5,16-18H,6-14H2. The summed E-state index contributed by atoms with van der Waals surface area (Å²) in [5, 5.41) is 18.4. The maximum absolute atomic E-state index is 9.87. The molecule has 0 aliphatic rings. The third-order valence-corrected chi connectivity index (χ3v) is 2.81. The molecule has 0 aliphatic heterocycles. The molecule has 0 radical (unpaired) electrons. The highest BCUT2D eigenvalue weighted by atomic mass is 16.6. The van der Waals surface area contributed by atoms with Gasteiger partial charge in [-0.15, -0.1) is 0 Å². The Morgan fingerprint density at radius 2 is 1.23 bits per heavy atom. The molecule has 0 amide bonds. The summed E-state index contributed by atoms with van der Waals surface area (Å²) in [6.45, 7) is 3.47. The lowest BCUT2D eigenvalue weighted by Gasteiger charge is -2.11. The van der Waals surface area contributed by atoms with Crippen molar-refractivity contribution in [3.05, 3.63) is 35.9 Å². The van der Waals surface area contributed by atoms with E-state index in [0.717, 1.165) is 5.56 Å². The molecule has 2 N–H and O–H groups in total. The van der Waals surface area contributed by atoms with Crippen molar-refractivity contribution in [2.75, 3.05) is 59.5 Å². The van der Waals surface area contributed by atoms with Crippen molar-refractivity contribution < 1.29 is 29.2 Å². The zero-order chi connectivity index (χ0) is 15.9. The summed E-state index contributed by atoms with van der Waals surface area (Å²) in [4.78, 5) is 0. The van der Waals surface area contributed by atoms with E-state index in [1.807, 2.05) is 30.3 Å². The molecule has 0 saturated carbocycles. The molecule has 0 saturated heterocycles. The molecule has 6 nitrogen and oxygen atoms in total. The number of hydrogen-bond acceptors (Lipinski definition) is 6. The smallest absolute Gasteiger partial charge is 0.102 e. The van der Waals surface area contributed by atoms with Crippen molar-refractivity contribution in [3.8, 4) is 0 Å². The highest BCUT2D eigenvalue weighted by molar-refractivity contribution is 5.17. The molecule has 6 heteroatoms. The van der Waals surface area contributed by atoms with Gasteiger partial charge in [-0.25, -0.2) is 0 Å². The maximum atomic E-state index is 9.87. The Kier molecular flexibility index (Phi) is 11.8. The van der Waals surface area contributed by atoms with Crippen LogP contribution in [-0.4, -0.2) is 69.7 Å². The first-order chi connectivity index (χ1) is 10.8. The van der Waals surface area contributed by atoms with Crippen LogP contribution in [0, 0.1) is 0 Å². The Labute approximate surface area is 131 Å². The number of aliphatic hydroxyl groups excluding tert-OH is 2. The lowest BCUT2D eigenvalue weighted by molar-refractivity contribution is -0.0188. The van der Waals surface area contributed by atoms with Crippen molar-refractivity contribution in [1.29, 1.82) is 0 Å². The zero-order valence-corrected chi connectivity index (χ0v) is 12.9. The molecule has 22 heavy (non-hydrogen) atoms. The maximum Gasteiger partial charge on any atom is 0.102 e. The fraction of sp³-hybridized carbons (Fsp3) is 0.625. The molecule has 1 atom stereocenters. The minimum absolute atomic E-state index is 0.0298. The topological polar surface area (TPSA) is 77.4 Å². The lowest BCUT2D eigenvalue weighted by atomic mass is 10.1. The van der Waals surface area contributed by atoms with Crippen LogP contribution < -0.4 is 0 Å². The predicted molar refractivity (Wildman–Crippen MR) is 81.8 cm³/mol. The van der Waals surface area contributed by atoms with Gasteiger partial charge in [0.2, 0.25) is 0 Å². The van der Waals surface area contributed by atoms with Crippen molar-refractivity contribution in [3.63, 3.8) is 0 Å². The molecule has 0 fully saturated rings. The summed E-state index contributed by atoms with van der Waals surface area (Å²) in [6, 6.07) is 9.41. The number of hydrogen-bond donors (Lipinski definition) is 2. The lowest BCUT2D eigenvalue weighted by Crippen LogP contribution is -2.14. The number of aliphatic hydroxyl groups is 2. The van der Waals surface area contributed by atoms with Gasteiger partial charge in [0, 0.05) is 0 Å². The molecule has 1 aromatic rings. The second-order valence-electron chi connectivity index (χ2n) is 4.56. The van der Waals surface area contributed by atoms with Gasteiger partial charge in [-0.3, -0.25) is 0 Å². The normalized spacial score (nSPS) is 12.5. The number of ether oxygens (including phenoxy) is 4. The van der Waals surface area contributed by atoms with Gasteiger partial charge < -0.3 is 29.2 Å². The fourth-order valence-electron chi connectivity index (χ4n) is 1.69. The first-order valence-corrected chi connectivity index (χ1v) is 7.49. The van der Waals surface area contributed by atoms with Crippen molar-refractivity contribution >= 4 is 0 Å². The molecule has 0 aliphatic carbocycles. The van der Waals surface area contributed by atoms with E-state index in [4.69, 9.17) is 24.1 Å². The van der Waals surface area contributed by atoms with Gasteiger partial charge in [-0.1, -0.05) is 30.3 Å². The average Bonchev–Trinajstić information content (AvgIpc) is 2.56. The van der Waals surface area contributed by atoms with Crippen LogP contribution in [0.1, 0.15) is 11.7 Å². The molecule has 0 bridgehead atoms. The minimum atomic E-state index is -0.608. The van der Waals surface area contributed by atoms with Gasteiger partial charge in [0.25, 0.3) is 0 Å². The van der Waals surface area contributed by atoms with Gasteiger partial charge in [0.1, 0.15) is 6.10 Å². The Balaban J connectivity index is 1.84. The van der Waals surface area contributed by atoms with Crippen LogP contribution in [0.4, 0.5) is 0 Å². The third kappa shape index (κ3) is 9.83. The molecule has 0 heterocycles. The summed E-state index contributed by atoms with van der Waals surface area (Å²) >= 11 is 0. The first-order valence-electron chi connectivity index (χ1n) is 7.49. The van der Waals surface area contributed by atoms with Crippen LogP contribution in [-0.2, 0) is 18.9 Å². The van der Waals surface area contributed by atoms with E-state index in [1.165, 1.54) is 0 Å². The van der Waals surface area contributed by atoms with Gasteiger partial charge >= 0.3 is 0 Å². The van der Waals surface area contributed by atoms with E-state index < -0.39 is 6.10 Å². The largest absolute Gasteiger partial charge is 0.394 e. The SMILES string of the molecule is OCCOCCOCCOCCOCC(O)c1ccccc1. The quantitative estimate of drug-likeness (QED) is 0.494. The first kappa shape index (κ1) is 19.0. The van der Waals surface area contributed by atoms with E-state index >= 15 is 0 Å². The molecule has 0 spiro atoms. The number of rotatable bonds is 14. The van der Waals surface area contributed by atoms with E-state index in [-0.39, 0.29) is 13.2 Å². The molecule has 1 aromatic carbocycles. The van der Waals surface area contributed by atoms with Crippen LogP contribution >= 0.6 is 0 Å². The predicted octanol–water partition coefficient (Wildman–Crippen LogP) is 0.779. The Hall–Kier alpha value is -1.02. The zero-order valence-electron chi connectivity index (χ0n) is 12.9. The monoisotopic (exact) mass is 314 g/mol. The highest BCUT2D eigenvalue weighted by Crippen LogP contribution is 2.11. The Morgan fingerprint density at radius 1 is 0.727 bits per heavy atom. The Bertz CT molecular complexity index is 346. The average molecular weight is 314 g/mol. The van der Waals surface area contributed by atoms with Crippen molar-refractivity contribution in [2.24, 2.45) is 0 Å². The van der Waals surface area contributed by atoms with Gasteiger partial charge in [0.15, 0.2) is 0 Å². The molecule has 1 rings (SSSR count). The third-order valence-electron chi connectivity index (χ3n) is 2.81. The van der Waals surface area contributed by atoms with Crippen LogP contribution in [0.3, 0.4) is 0 Å². The van der Waals surface area contributed by atoms with Crippen molar-refractivity contribution in [1.82, 2.24) is 0 Å². The summed E-state index contributed by atoms with van der Waals surface area (Å²) < 4.78 is 21.0. The molecular weight excluding hydrogens is 288 g/mol. The fourth-order valence-corrected chi connectivity index (χ4v) is 1.69. The minimum Gasteiger partial charge on any atom is -0.394 e. The second kappa shape index (κ2) is 13.6. The summed E-state index contributed by atoms with van der Waals surface area (Å²) in [7, 11) is 0. The number of benzene rings is 1. The van der Waals surface area contributed by atoms with Gasteiger partial charge in [-0.2, -0.15) is 0 Å². The molecule has 126 valence electrons. The van der Waals surface area contributed by atoms with Crippen LogP contribution in [0.25, 0.3) is 0 Å². The van der Waals surface area contributed by atoms with Crippen molar-refractivity contribution in [2.45, 2.75) is 6.10 Å². The van der Waals surface area contributed by atoms with E-state index in [1.54, 1.807) is 0 Å². The summed E-state index contributed by atoms with van der Waals surface area (Å²) in [5.74, 6) is 0. The Morgan fingerprint density at radius 3 is 1.77 bits per heavy atom. The van der Waals surface area contributed by atoms with Gasteiger partial charge in [-0.05, 0) is 5.56 Å². The molecular formula is C16H26O6. The van der Waals surface area contributed by atoms with E-state index in [0.29, 0.717) is 46.2 Å². The van der Waals surface area contributed by atoms with E-state index in [9.17, 15) is 5.11 Å².